The molecule has 2 unspecified atom stereocenters. The molecule has 3 aromatic carbocycles. The van der Waals surface area contributed by atoms with E-state index in [2.05, 4.69) is 30.9 Å². The second-order valence-corrected chi connectivity index (χ2v) is 9.56. The molecule has 1 aliphatic rings. The molecule has 0 N–H and O–H groups in total. The molecule has 4 nitrogen and oxygen atoms in total. The Bertz CT molecular complexity index is 1260. The van der Waals surface area contributed by atoms with Gasteiger partial charge in [-0.15, -0.1) is 0 Å². The molecule has 37 heavy (non-hydrogen) atoms. The van der Waals surface area contributed by atoms with E-state index in [0.717, 1.165) is 48.5 Å². The van der Waals surface area contributed by atoms with Crippen LogP contribution in [0.4, 0.5) is 24.5 Å². The third-order valence-corrected chi connectivity index (χ3v) is 6.57. The van der Waals surface area contributed by atoms with Gasteiger partial charge in [-0.1, -0.05) is 30.3 Å². The lowest BCUT2D eigenvalue weighted by atomic mass is 9.91. The highest BCUT2D eigenvalue weighted by Gasteiger charge is 2.30. The standard InChI is InChI=1S/C30H31F3N2O2/c1-20(16-34(4)26-12-14-27(15-13-26)35-17-21(2)37-22(3)18-35)29-24(19-36)6-5-7-28(29)23-8-10-25(11-9-23)30(31,32)33/h5-16,19,21-22H,17-18H2,1-4H3/b20-16-. The van der Waals surface area contributed by atoms with Crippen LogP contribution in [0.2, 0.25) is 0 Å². The highest BCUT2D eigenvalue weighted by molar-refractivity contribution is 5.92. The first-order valence-electron chi connectivity index (χ1n) is 12.2. The van der Waals surface area contributed by atoms with Crippen LogP contribution in [0.3, 0.4) is 0 Å². The summed E-state index contributed by atoms with van der Waals surface area (Å²) in [6.45, 7) is 7.74. The summed E-state index contributed by atoms with van der Waals surface area (Å²) in [5.41, 5.74) is 4.70. The first kappa shape index (κ1) is 26.5. The van der Waals surface area contributed by atoms with E-state index in [1.54, 1.807) is 12.1 Å². The van der Waals surface area contributed by atoms with Gasteiger partial charge in [0.25, 0.3) is 0 Å². The number of anilines is 2. The van der Waals surface area contributed by atoms with Crippen LogP contribution in [0, 0.1) is 0 Å². The number of carbonyl (C=O) groups excluding carboxylic acids is 1. The Morgan fingerprint density at radius 2 is 1.59 bits per heavy atom. The zero-order chi connectivity index (χ0) is 26.7. The van der Waals surface area contributed by atoms with Crippen LogP contribution < -0.4 is 9.80 Å². The zero-order valence-corrected chi connectivity index (χ0v) is 21.4. The lowest BCUT2D eigenvalue weighted by molar-refractivity contribution is -0.137. The van der Waals surface area contributed by atoms with Crippen molar-refractivity contribution in [2.45, 2.75) is 39.2 Å². The summed E-state index contributed by atoms with van der Waals surface area (Å²) in [4.78, 5) is 16.2. The Morgan fingerprint density at radius 3 is 2.16 bits per heavy atom. The number of allylic oxidation sites excluding steroid dienone is 1. The third kappa shape index (κ3) is 6.05. The molecule has 7 heteroatoms. The Kier molecular flexibility index (Phi) is 7.73. The van der Waals surface area contributed by atoms with Crippen molar-refractivity contribution in [3.8, 4) is 11.1 Å². The summed E-state index contributed by atoms with van der Waals surface area (Å²) < 4.78 is 45.0. The molecule has 0 saturated carbocycles. The number of nitrogens with zero attached hydrogens (tertiary/aromatic N) is 2. The highest BCUT2D eigenvalue weighted by atomic mass is 19.4. The predicted molar refractivity (Wildman–Crippen MR) is 143 cm³/mol. The van der Waals surface area contributed by atoms with Gasteiger partial charge in [-0.25, -0.2) is 0 Å². The van der Waals surface area contributed by atoms with E-state index in [9.17, 15) is 18.0 Å². The summed E-state index contributed by atoms with van der Waals surface area (Å²) >= 11 is 0. The monoisotopic (exact) mass is 508 g/mol. The number of alkyl halides is 3. The summed E-state index contributed by atoms with van der Waals surface area (Å²) in [5, 5.41) is 0. The third-order valence-electron chi connectivity index (χ3n) is 6.57. The van der Waals surface area contributed by atoms with Gasteiger partial charge >= 0.3 is 6.18 Å². The minimum absolute atomic E-state index is 0.174. The predicted octanol–water partition coefficient (Wildman–Crippen LogP) is 7.30. The molecule has 1 saturated heterocycles. The second kappa shape index (κ2) is 10.8. The van der Waals surface area contributed by atoms with Crippen LogP contribution in [0.25, 0.3) is 16.7 Å². The summed E-state index contributed by atoms with van der Waals surface area (Å²) in [7, 11) is 1.93. The molecule has 0 bridgehead atoms. The maximum Gasteiger partial charge on any atom is 0.416 e. The molecule has 0 amide bonds. The van der Waals surface area contributed by atoms with Crippen LogP contribution in [0.5, 0.6) is 0 Å². The molecular formula is C30H31F3N2O2. The Balaban J connectivity index is 1.62. The average Bonchev–Trinajstić information content (AvgIpc) is 2.87. The SMILES string of the molecule is C/C(=C/N(C)c1ccc(N2CC(C)OC(C)C2)cc1)c1c(C=O)cccc1-c1ccc(C(F)(F)F)cc1. The maximum atomic E-state index is 13.0. The number of morpholine rings is 1. The quantitative estimate of drug-likeness (QED) is 0.327. The number of ether oxygens (including phenoxy) is 1. The van der Waals surface area contributed by atoms with Gasteiger partial charge in [0.2, 0.25) is 0 Å². The van der Waals surface area contributed by atoms with Crippen molar-refractivity contribution in [3.63, 3.8) is 0 Å². The summed E-state index contributed by atoms with van der Waals surface area (Å²) in [6.07, 6.45) is -1.34. The Hall–Kier alpha value is -3.58. The molecule has 2 atom stereocenters. The van der Waals surface area contributed by atoms with Crippen molar-refractivity contribution < 1.29 is 22.7 Å². The highest BCUT2D eigenvalue weighted by Crippen LogP contribution is 2.35. The van der Waals surface area contributed by atoms with Crippen molar-refractivity contribution in [1.82, 2.24) is 0 Å². The lowest BCUT2D eigenvalue weighted by Gasteiger charge is -2.37. The molecule has 0 aliphatic carbocycles. The molecule has 3 aromatic rings. The van der Waals surface area contributed by atoms with Crippen molar-refractivity contribution in [2.75, 3.05) is 29.9 Å². The van der Waals surface area contributed by atoms with Crippen molar-refractivity contribution in [3.05, 3.63) is 89.6 Å². The molecule has 1 aliphatic heterocycles. The van der Waals surface area contributed by atoms with E-state index in [-0.39, 0.29) is 12.2 Å². The second-order valence-electron chi connectivity index (χ2n) is 9.56. The van der Waals surface area contributed by atoms with Crippen molar-refractivity contribution in [2.24, 2.45) is 0 Å². The van der Waals surface area contributed by atoms with Gasteiger partial charge < -0.3 is 14.5 Å². The summed E-state index contributed by atoms with van der Waals surface area (Å²) in [6, 6.07) is 18.6. The number of benzene rings is 3. The maximum absolute atomic E-state index is 13.0. The van der Waals surface area contributed by atoms with Gasteiger partial charge in [0, 0.05) is 43.3 Å². The lowest BCUT2D eigenvalue weighted by Crippen LogP contribution is -2.45. The molecule has 4 rings (SSSR count). The fourth-order valence-corrected chi connectivity index (χ4v) is 4.90. The number of halogens is 3. The van der Waals surface area contributed by atoms with Crippen LogP contribution in [0.1, 0.15) is 42.3 Å². The van der Waals surface area contributed by atoms with Gasteiger partial charge in [-0.2, -0.15) is 13.2 Å². The topological polar surface area (TPSA) is 32.8 Å². The molecule has 0 spiro atoms. The average molecular weight is 509 g/mol. The van der Waals surface area contributed by atoms with E-state index in [0.29, 0.717) is 22.3 Å². The minimum atomic E-state index is -4.40. The Labute approximate surface area is 216 Å². The minimum Gasteiger partial charge on any atom is -0.372 e. The van der Waals surface area contributed by atoms with Gasteiger partial charge in [-0.05, 0) is 79.4 Å². The fourth-order valence-electron chi connectivity index (χ4n) is 4.90. The number of hydrogen-bond acceptors (Lipinski definition) is 4. The Morgan fingerprint density at radius 1 is 0.973 bits per heavy atom. The van der Waals surface area contributed by atoms with E-state index in [1.807, 2.05) is 43.3 Å². The van der Waals surface area contributed by atoms with Crippen LogP contribution in [0.15, 0.2) is 72.9 Å². The van der Waals surface area contributed by atoms with E-state index in [4.69, 9.17) is 4.74 Å². The number of carbonyl (C=O) groups is 1. The molecule has 0 aromatic heterocycles. The molecule has 1 heterocycles. The molecule has 0 radical (unpaired) electrons. The number of hydrogen-bond donors (Lipinski definition) is 0. The van der Waals surface area contributed by atoms with Gasteiger partial charge in [-0.3, -0.25) is 4.79 Å². The van der Waals surface area contributed by atoms with Gasteiger partial charge in [0.1, 0.15) is 0 Å². The van der Waals surface area contributed by atoms with Crippen molar-refractivity contribution >= 4 is 23.2 Å². The number of aldehydes is 1. The van der Waals surface area contributed by atoms with Crippen LogP contribution >= 0.6 is 0 Å². The normalized spacial score (nSPS) is 18.6. The molecule has 1 fully saturated rings. The first-order valence-corrected chi connectivity index (χ1v) is 12.2. The van der Waals surface area contributed by atoms with Crippen molar-refractivity contribution in [1.29, 1.82) is 0 Å². The zero-order valence-electron chi connectivity index (χ0n) is 21.4. The van der Waals surface area contributed by atoms with Crippen LogP contribution in [-0.2, 0) is 10.9 Å². The van der Waals surface area contributed by atoms with E-state index < -0.39 is 11.7 Å². The largest absolute Gasteiger partial charge is 0.416 e. The van der Waals surface area contributed by atoms with E-state index in [1.165, 1.54) is 12.1 Å². The van der Waals surface area contributed by atoms with Gasteiger partial charge in [0.15, 0.2) is 6.29 Å². The molecule has 194 valence electrons. The van der Waals surface area contributed by atoms with E-state index >= 15 is 0 Å². The first-order chi connectivity index (χ1) is 17.6. The number of rotatable bonds is 6. The van der Waals surface area contributed by atoms with Gasteiger partial charge in [0.05, 0.1) is 17.8 Å². The molecular weight excluding hydrogens is 477 g/mol. The fraction of sp³-hybridized carbons (Fsp3) is 0.300. The van der Waals surface area contributed by atoms with Crippen LogP contribution in [-0.4, -0.2) is 38.6 Å². The summed E-state index contributed by atoms with van der Waals surface area (Å²) in [5.74, 6) is 0. The smallest absolute Gasteiger partial charge is 0.372 e.